The summed E-state index contributed by atoms with van der Waals surface area (Å²) in [7, 11) is 0. The smallest absolute Gasteiger partial charge is 0.320 e. The van der Waals surface area contributed by atoms with Gasteiger partial charge in [-0.15, -0.1) is 11.3 Å². The van der Waals surface area contributed by atoms with Gasteiger partial charge in [0.1, 0.15) is 12.1 Å². The molecule has 1 aromatic heterocycles. The number of rotatable bonds is 5. The lowest BCUT2D eigenvalue weighted by Gasteiger charge is -2.33. The molecule has 0 aromatic carbocycles. The summed E-state index contributed by atoms with van der Waals surface area (Å²) in [6.07, 6.45) is 1.74. The Bertz CT molecular complexity index is 393. The van der Waals surface area contributed by atoms with Crippen molar-refractivity contribution >= 4 is 17.3 Å². The molecule has 1 aliphatic rings. The van der Waals surface area contributed by atoms with Gasteiger partial charge in [-0.1, -0.05) is 13.0 Å². The van der Waals surface area contributed by atoms with Crippen LogP contribution in [0.15, 0.2) is 17.5 Å². The zero-order valence-corrected chi connectivity index (χ0v) is 11.3. The molecule has 2 rings (SSSR count). The van der Waals surface area contributed by atoms with Crippen LogP contribution >= 0.6 is 11.3 Å². The number of aliphatic hydroxyl groups is 1. The minimum Gasteiger partial charge on any atom is -0.480 e. The average molecular weight is 269 g/mol. The summed E-state index contributed by atoms with van der Waals surface area (Å²) in [6.45, 7) is 2.76. The number of hydrogen-bond acceptors (Lipinski definition) is 4. The van der Waals surface area contributed by atoms with E-state index in [0.29, 0.717) is 6.42 Å². The molecule has 18 heavy (non-hydrogen) atoms. The minimum absolute atomic E-state index is 0.104. The molecule has 1 fully saturated rings. The number of hydrogen-bond donors (Lipinski definition) is 2. The molecule has 0 aliphatic carbocycles. The lowest BCUT2D eigenvalue weighted by atomic mass is 10.0. The fourth-order valence-electron chi connectivity index (χ4n) is 2.74. The van der Waals surface area contributed by atoms with E-state index in [1.54, 1.807) is 0 Å². The lowest BCUT2D eigenvalue weighted by molar-refractivity contribution is -0.143. The minimum atomic E-state index is -0.774. The van der Waals surface area contributed by atoms with Crippen LogP contribution in [0.3, 0.4) is 0 Å². The first-order chi connectivity index (χ1) is 8.65. The molecular weight excluding hydrogens is 250 g/mol. The van der Waals surface area contributed by atoms with Gasteiger partial charge in [0.2, 0.25) is 0 Å². The summed E-state index contributed by atoms with van der Waals surface area (Å²) in [6, 6.07) is 3.27. The molecule has 2 N–H and O–H groups in total. The van der Waals surface area contributed by atoms with Crippen LogP contribution < -0.4 is 0 Å². The summed E-state index contributed by atoms with van der Waals surface area (Å²) < 4.78 is 0. The topological polar surface area (TPSA) is 60.8 Å². The Morgan fingerprint density at radius 1 is 1.67 bits per heavy atom. The fraction of sp³-hybridized carbons (Fsp3) is 0.615. The van der Waals surface area contributed by atoms with Crippen molar-refractivity contribution in [2.45, 2.75) is 44.4 Å². The maximum Gasteiger partial charge on any atom is 0.320 e. The Hall–Kier alpha value is -0.910. The average Bonchev–Trinajstić information content (AvgIpc) is 3.00. The molecule has 100 valence electrons. The third-order valence-corrected chi connectivity index (χ3v) is 4.57. The van der Waals surface area contributed by atoms with E-state index in [-0.39, 0.29) is 6.04 Å². The number of likely N-dealkylation sites (tertiary alicyclic amines) is 1. The molecular formula is C13H19NO3S. The van der Waals surface area contributed by atoms with Gasteiger partial charge >= 0.3 is 5.97 Å². The summed E-state index contributed by atoms with van der Waals surface area (Å²) in [5, 5.41) is 21.6. The van der Waals surface area contributed by atoms with E-state index in [1.807, 2.05) is 29.3 Å². The van der Waals surface area contributed by atoms with E-state index in [9.17, 15) is 15.0 Å². The second-order valence-corrected chi connectivity index (χ2v) is 5.65. The molecule has 4 nitrogen and oxygen atoms in total. The quantitative estimate of drug-likeness (QED) is 0.859. The predicted octanol–water partition coefficient (Wildman–Crippen LogP) is 2.11. The number of aliphatic hydroxyl groups excluding tert-OH is 1. The zero-order valence-electron chi connectivity index (χ0n) is 10.5. The highest BCUT2D eigenvalue weighted by atomic mass is 32.1. The highest BCUT2D eigenvalue weighted by Gasteiger charge is 2.38. The highest BCUT2D eigenvalue weighted by Crippen LogP contribution is 2.31. The number of carboxylic acid groups (broad SMARTS) is 1. The number of carboxylic acids is 1. The molecule has 0 radical (unpaired) electrons. The van der Waals surface area contributed by atoms with Gasteiger partial charge in [-0.05, 0) is 37.3 Å². The standard InChI is InChI=1S/C13H19NO3S/c1-2-9(12(15)11-6-4-8-18-11)14-7-3-5-10(14)13(16)17/h4,6,8-10,12,15H,2-3,5,7H2,1H3,(H,16,17). The summed E-state index contributed by atoms with van der Waals surface area (Å²) >= 11 is 1.52. The summed E-state index contributed by atoms with van der Waals surface area (Å²) in [5.41, 5.74) is 0. The lowest BCUT2D eigenvalue weighted by Crippen LogP contribution is -2.45. The van der Waals surface area contributed by atoms with Crippen molar-refractivity contribution < 1.29 is 15.0 Å². The van der Waals surface area contributed by atoms with E-state index >= 15 is 0 Å². The first-order valence-electron chi connectivity index (χ1n) is 6.35. The van der Waals surface area contributed by atoms with Crippen molar-refractivity contribution in [3.63, 3.8) is 0 Å². The zero-order chi connectivity index (χ0) is 13.1. The van der Waals surface area contributed by atoms with Crippen LogP contribution in [0.1, 0.15) is 37.2 Å². The fourth-order valence-corrected chi connectivity index (χ4v) is 3.51. The Morgan fingerprint density at radius 3 is 3.00 bits per heavy atom. The van der Waals surface area contributed by atoms with E-state index in [2.05, 4.69) is 0 Å². The van der Waals surface area contributed by atoms with Crippen LogP contribution in [-0.2, 0) is 4.79 Å². The van der Waals surface area contributed by atoms with Crippen molar-refractivity contribution in [1.29, 1.82) is 0 Å². The second-order valence-electron chi connectivity index (χ2n) is 4.67. The molecule has 0 amide bonds. The Kier molecular flexibility index (Phi) is 4.37. The van der Waals surface area contributed by atoms with E-state index in [1.165, 1.54) is 11.3 Å². The number of thiophene rings is 1. The van der Waals surface area contributed by atoms with Gasteiger partial charge < -0.3 is 10.2 Å². The van der Waals surface area contributed by atoms with Crippen molar-refractivity contribution in [1.82, 2.24) is 4.90 Å². The predicted molar refractivity (Wildman–Crippen MR) is 70.7 cm³/mol. The van der Waals surface area contributed by atoms with Crippen LogP contribution in [0.25, 0.3) is 0 Å². The van der Waals surface area contributed by atoms with Crippen LogP contribution in [-0.4, -0.2) is 39.7 Å². The van der Waals surface area contributed by atoms with Gasteiger partial charge in [0.15, 0.2) is 0 Å². The molecule has 0 spiro atoms. The molecule has 1 aliphatic heterocycles. The first kappa shape index (κ1) is 13.5. The van der Waals surface area contributed by atoms with Crippen LogP contribution in [0.4, 0.5) is 0 Å². The van der Waals surface area contributed by atoms with Crippen LogP contribution in [0, 0.1) is 0 Å². The maximum atomic E-state index is 11.2. The largest absolute Gasteiger partial charge is 0.480 e. The van der Waals surface area contributed by atoms with Crippen LogP contribution in [0.2, 0.25) is 0 Å². The van der Waals surface area contributed by atoms with Gasteiger partial charge in [0, 0.05) is 10.9 Å². The summed E-state index contributed by atoms with van der Waals surface area (Å²) in [4.78, 5) is 14.1. The Balaban J connectivity index is 2.15. The molecule has 5 heteroatoms. The number of aliphatic carboxylic acids is 1. The molecule has 3 unspecified atom stereocenters. The van der Waals surface area contributed by atoms with Crippen molar-refractivity contribution in [2.24, 2.45) is 0 Å². The number of carbonyl (C=O) groups is 1. The summed E-state index contributed by atoms with van der Waals surface area (Å²) in [5.74, 6) is -0.774. The van der Waals surface area contributed by atoms with Crippen LogP contribution in [0.5, 0.6) is 0 Å². The second kappa shape index (κ2) is 5.82. The Labute approximate surface area is 111 Å². The van der Waals surface area contributed by atoms with Crippen molar-refractivity contribution in [3.05, 3.63) is 22.4 Å². The molecule has 1 aromatic rings. The van der Waals surface area contributed by atoms with E-state index in [0.717, 1.165) is 24.3 Å². The van der Waals surface area contributed by atoms with Gasteiger partial charge in [-0.2, -0.15) is 0 Å². The highest BCUT2D eigenvalue weighted by molar-refractivity contribution is 7.10. The molecule has 0 saturated carbocycles. The van der Waals surface area contributed by atoms with Crippen molar-refractivity contribution in [2.75, 3.05) is 6.54 Å². The third-order valence-electron chi connectivity index (χ3n) is 3.62. The molecule has 2 heterocycles. The van der Waals surface area contributed by atoms with E-state index in [4.69, 9.17) is 0 Å². The maximum absolute atomic E-state index is 11.2. The SMILES string of the molecule is CCC(C(O)c1cccs1)N1CCCC1C(=O)O. The van der Waals surface area contributed by atoms with Gasteiger partial charge in [-0.25, -0.2) is 0 Å². The molecule has 0 bridgehead atoms. The van der Waals surface area contributed by atoms with Gasteiger partial charge in [0.05, 0.1) is 0 Å². The monoisotopic (exact) mass is 269 g/mol. The number of nitrogens with zero attached hydrogens (tertiary/aromatic N) is 1. The van der Waals surface area contributed by atoms with Gasteiger partial charge in [-0.3, -0.25) is 9.69 Å². The first-order valence-corrected chi connectivity index (χ1v) is 7.23. The Morgan fingerprint density at radius 2 is 2.44 bits per heavy atom. The van der Waals surface area contributed by atoms with E-state index < -0.39 is 18.1 Å². The third kappa shape index (κ3) is 2.58. The van der Waals surface area contributed by atoms with Gasteiger partial charge in [0.25, 0.3) is 0 Å². The molecule has 3 atom stereocenters. The van der Waals surface area contributed by atoms with Crippen molar-refractivity contribution in [3.8, 4) is 0 Å². The molecule has 1 saturated heterocycles. The normalized spacial score (nSPS) is 24.0.